The van der Waals surface area contributed by atoms with Crippen LogP contribution in [0, 0.1) is 0 Å². The molecule has 26 nitrogen and oxygen atoms in total. The number of phenolic OH excluding ortho intramolecular Hbond substituents is 6. The Morgan fingerprint density at radius 3 is 1.87 bits per heavy atom. The van der Waals surface area contributed by atoms with E-state index in [1.54, 1.807) is 0 Å². The number of aliphatic hydroxyl groups excluding tert-OH is 1. The Bertz CT molecular complexity index is 4230. The van der Waals surface area contributed by atoms with Gasteiger partial charge in [0.25, 0.3) is 0 Å². The summed E-state index contributed by atoms with van der Waals surface area (Å²) in [6, 6.07) is 11.5. The number of aromatic hydroxyl groups is 6. The van der Waals surface area contributed by atoms with Gasteiger partial charge in [-0.1, -0.05) is 47.5 Å². The first-order valence-electron chi connectivity index (χ1n) is 28.5. The second-order valence-corrected chi connectivity index (χ2v) is 23.7. The maximum absolute atomic E-state index is 15.9. The Morgan fingerprint density at radius 1 is 0.598 bits per heavy atom. The lowest BCUT2D eigenvalue weighted by atomic mass is 9.85. The molecule has 16 N–H and O–H groups in total. The fourth-order valence-corrected chi connectivity index (χ4v) is 11.6. The molecule has 6 heterocycles. The summed E-state index contributed by atoms with van der Waals surface area (Å²) in [5, 5.41) is 99.6. The first kappa shape index (κ1) is 63.1. The topological polar surface area (TPSA) is 402 Å². The van der Waals surface area contributed by atoms with Crippen molar-refractivity contribution < 1.29 is 83.5 Å². The summed E-state index contributed by atoms with van der Waals surface area (Å²) in [6.45, 7) is 1.67. The third-order valence-corrected chi connectivity index (χ3v) is 16.6. The minimum absolute atomic E-state index is 0.0483. The summed E-state index contributed by atoms with van der Waals surface area (Å²) in [5.41, 5.74) is 2.40. The van der Waals surface area contributed by atoms with Crippen molar-refractivity contribution in [2.45, 2.75) is 67.7 Å². The number of benzene rings is 7. The van der Waals surface area contributed by atoms with Crippen molar-refractivity contribution in [1.82, 2.24) is 42.1 Å². The van der Waals surface area contributed by atoms with Gasteiger partial charge in [-0.3, -0.25) is 33.6 Å². The highest BCUT2D eigenvalue weighted by molar-refractivity contribution is 6.32. The zero-order chi connectivity index (χ0) is 65.8. The number of rotatable bonds is 5. The Hall–Kier alpha value is -10.5. The average Bonchev–Trinajstić information content (AvgIpc) is 0.767. The molecule has 476 valence electrons. The Kier molecular flexibility index (Phi) is 17.2. The molecule has 6 aliphatic heterocycles. The second kappa shape index (κ2) is 25.0. The lowest BCUT2D eigenvalue weighted by Gasteiger charge is -2.37. The smallest absolute Gasteiger partial charge is 0.249 e. The monoisotopic (exact) mass is 1300 g/mol. The average molecular weight is 1300 g/mol. The molecule has 0 saturated heterocycles. The Morgan fingerprint density at radius 2 is 1.20 bits per heavy atom. The van der Waals surface area contributed by atoms with Crippen LogP contribution in [0.15, 0.2) is 115 Å². The normalized spacial score (nSPS) is 22.1. The third kappa shape index (κ3) is 12.6. The molecule has 28 heteroatoms. The van der Waals surface area contributed by atoms with Crippen molar-refractivity contribution in [3.63, 3.8) is 0 Å². The predicted molar refractivity (Wildman–Crippen MR) is 328 cm³/mol. The number of fused-ring (bicyclic) bond motifs is 14. The molecule has 7 aromatic carbocycles. The van der Waals surface area contributed by atoms with Crippen LogP contribution in [-0.4, -0.2) is 121 Å². The highest BCUT2D eigenvalue weighted by Crippen LogP contribution is 2.48. The van der Waals surface area contributed by atoms with Gasteiger partial charge < -0.3 is 97.8 Å². The summed E-state index contributed by atoms with van der Waals surface area (Å²) in [6.07, 6.45) is -2.05. The summed E-state index contributed by atoms with van der Waals surface area (Å²) in [4.78, 5) is 108. The third-order valence-electron chi connectivity index (χ3n) is 16.0. The number of nitrogens with zero attached hydrogens (tertiary/aromatic N) is 1. The van der Waals surface area contributed by atoms with Crippen LogP contribution in [0.2, 0.25) is 10.0 Å². The number of phenols is 6. The fourth-order valence-electron chi connectivity index (χ4n) is 11.2. The molecule has 0 spiro atoms. The van der Waals surface area contributed by atoms with Gasteiger partial charge >= 0.3 is 0 Å². The van der Waals surface area contributed by atoms with E-state index in [0.29, 0.717) is 18.5 Å². The summed E-state index contributed by atoms with van der Waals surface area (Å²) < 4.78 is 18.6. The quantitative estimate of drug-likeness (QED) is 0.0965. The van der Waals surface area contributed by atoms with E-state index >= 15 is 19.2 Å². The summed E-state index contributed by atoms with van der Waals surface area (Å²) in [7, 11) is 3.63. The van der Waals surface area contributed by atoms with E-state index in [9.17, 15) is 50.1 Å². The molecule has 13 rings (SSSR count). The first-order valence-corrected chi connectivity index (χ1v) is 29.2. The van der Waals surface area contributed by atoms with Crippen molar-refractivity contribution in [3.05, 3.63) is 164 Å². The molecule has 0 aliphatic carbocycles. The zero-order valence-corrected chi connectivity index (χ0v) is 50.3. The number of nitrogens with two attached hydrogens (primary N) is 1. The molecule has 92 heavy (non-hydrogen) atoms. The van der Waals surface area contributed by atoms with E-state index in [1.165, 1.54) is 66.7 Å². The minimum Gasteiger partial charge on any atom is -0.508 e. The molecular weight excluding hydrogens is 1240 g/mol. The van der Waals surface area contributed by atoms with E-state index < -0.39 is 135 Å². The zero-order valence-electron chi connectivity index (χ0n) is 48.8. The molecule has 0 radical (unpaired) electrons. The maximum atomic E-state index is 15.9. The minimum atomic E-state index is -2.62. The highest BCUT2D eigenvalue weighted by atomic mass is 35.5. The molecule has 0 aromatic heterocycles. The molecule has 6 aliphatic rings. The van der Waals surface area contributed by atoms with Gasteiger partial charge in [-0.25, -0.2) is 0 Å². The van der Waals surface area contributed by atoms with Crippen LogP contribution in [0.25, 0.3) is 11.1 Å². The van der Waals surface area contributed by atoms with E-state index in [-0.39, 0.29) is 90.5 Å². The molecule has 17 bridgehead atoms. The van der Waals surface area contributed by atoms with Gasteiger partial charge in [0.05, 0.1) is 10.0 Å². The summed E-state index contributed by atoms with van der Waals surface area (Å²) in [5.74, 6) is -13.4. The predicted octanol–water partition coefficient (Wildman–Crippen LogP) is 5.36. The fraction of sp³-hybridized carbons (Fsp3) is 0.234. The second-order valence-electron chi connectivity index (χ2n) is 22.8. The van der Waals surface area contributed by atoms with Gasteiger partial charge in [0, 0.05) is 36.2 Å². The number of hydrogen-bond acceptors (Lipinski definition) is 19. The van der Waals surface area contributed by atoms with Crippen molar-refractivity contribution in [3.8, 4) is 80.1 Å². The number of carbonyl (C=O) groups is 7. The van der Waals surface area contributed by atoms with Crippen molar-refractivity contribution in [2.24, 2.45) is 5.73 Å². The molecule has 7 aromatic rings. The number of amides is 7. The molecule has 0 fully saturated rings. The molecule has 0 saturated carbocycles. The first-order chi connectivity index (χ1) is 43.7. The van der Waals surface area contributed by atoms with Crippen LogP contribution < -0.4 is 57.2 Å². The van der Waals surface area contributed by atoms with Gasteiger partial charge in [-0.2, -0.15) is 0 Å². The van der Waals surface area contributed by atoms with Crippen LogP contribution in [0.3, 0.4) is 0 Å². The summed E-state index contributed by atoms with van der Waals surface area (Å²) >= 11 is 13.9. The van der Waals surface area contributed by atoms with E-state index in [2.05, 4.69) is 37.2 Å². The van der Waals surface area contributed by atoms with E-state index in [0.717, 1.165) is 55.5 Å². The standard InChI is InChI=1S/C64H59Cl2N9O17/c1-64-56(82)30-8-12-45(39(66)20-30)92-48-23-32-22-47(55(48)81)91-44-11-5-27(15-38(44)65)16-40-57(83)70-52(31-17-33(76)24-35(18-31)90-46-21-28(6-10-42(46)79)50(67)58(84)69-40)60(86)72-53(32)61(87)71-51(62(88)74-64)29-7-9-41(78)36(19-29)49-37(25-34(77)26-43(49)80)54(73-63(64)89)59(85)68-13-4-14-75(2)3/h5-12,15,17-26,40,50-54,56,76-82H,4,13-14,16,67H2,1-3H3,(H,68,85)(H,69,84)(H,70,83)(H,71,87)(H,72,86)(H,73,89)(H,74,88)/t40-,50+,51-,52+,53-,54+,56-,64?/m1/s1. The number of carbonyl (C=O) groups excluding carboxylic acids is 7. The lowest BCUT2D eigenvalue weighted by Crippen LogP contribution is -2.63. The Balaban J connectivity index is 1.13. The molecule has 8 atom stereocenters. The van der Waals surface area contributed by atoms with Gasteiger partial charge in [-0.05, 0) is 152 Å². The maximum Gasteiger partial charge on any atom is 0.249 e. The SMILES string of the molecule is CN(C)CCCNC(=O)[C@H]1NC(=O)C2(C)NC(=O)[C@H](NC(=O)[C@@H]3NC(=O)[C@H]4NC(=O)[C@@H](Cc5ccc(c(Cl)c5)Oc5cc3cc(c5O)Oc3ccc(cc3Cl)[C@H]2O)NC(=O)[C@@H](N)c2ccc(O)c(c2)Oc2cc(O)cc4c2)c2ccc(O)c(c2)-c2c(O)cc(O)cc21. The Labute approximate surface area is 532 Å². The number of halogens is 2. The van der Waals surface area contributed by atoms with Gasteiger partial charge in [0.2, 0.25) is 47.1 Å². The van der Waals surface area contributed by atoms with Crippen molar-refractivity contribution in [2.75, 3.05) is 27.2 Å². The molecule has 7 amide bonds. The number of aliphatic hydroxyl groups is 1. The van der Waals surface area contributed by atoms with Crippen LogP contribution >= 0.6 is 23.2 Å². The van der Waals surface area contributed by atoms with Gasteiger partial charge in [0.15, 0.2) is 23.0 Å². The van der Waals surface area contributed by atoms with Gasteiger partial charge in [-0.15, -0.1) is 0 Å². The largest absolute Gasteiger partial charge is 0.508 e. The highest BCUT2D eigenvalue weighted by Gasteiger charge is 2.48. The van der Waals surface area contributed by atoms with Crippen molar-refractivity contribution in [1.29, 1.82) is 0 Å². The van der Waals surface area contributed by atoms with Crippen LogP contribution in [0.5, 0.6) is 69.0 Å². The number of nitrogens with one attached hydrogen (secondary N) is 7. The van der Waals surface area contributed by atoms with Crippen LogP contribution in [-0.2, 0) is 40.0 Å². The number of ether oxygens (including phenoxy) is 3. The van der Waals surface area contributed by atoms with Crippen LogP contribution in [0.1, 0.15) is 88.6 Å². The van der Waals surface area contributed by atoms with E-state index in [1.807, 2.05) is 19.0 Å². The van der Waals surface area contributed by atoms with Crippen molar-refractivity contribution >= 4 is 64.6 Å². The van der Waals surface area contributed by atoms with Crippen LogP contribution in [0.4, 0.5) is 0 Å². The lowest BCUT2D eigenvalue weighted by molar-refractivity contribution is -0.141. The molecule has 1 unspecified atom stereocenters. The number of hydrogen-bond donors (Lipinski definition) is 15. The van der Waals surface area contributed by atoms with E-state index in [4.69, 9.17) is 43.1 Å². The van der Waals surface area contributed by atoms with Gasteiger partial charge in [0.1, 0.15) is 88.1 Å². The molecular formula is C64H59Cl2N9O17.